The van der Waals surface area contributed by atoms with Crippen LogP contribution in [0.4, 0.5) is 13.2 Å². The van der Waals surface area contributed by atoms with E-state index in [1.165, 1.54) is 0 Å². The van der Waals surface area contributed by atoms with Crippen LogP contribution in [0.1, 0.15) is 25.7 Å². The van der Waals surface area contributed by atoms with Gasteiger partial charge in [0.05, 0.1) is 12.4 Å². The molecule has 0 fully saturated rings. The van der Waals surface area contributed by atoms with Crippen molar-refractivity contribution in [2.24, 2.45) is 0 Å². The first-order valence-electron chi connectivity index (χ1n) is 5.78. The Morgan fingerprint density at radius 1 is 0.952 bits per heavy atom. The molecular formula is C10H15F3O6S2. The summed E-state index contributed by atoms with van der Waals surface area (Å²) in [5.74, 6) is 1.73. The molecular weight excluding hydrogens is 337 g/mol. The molecule has 0 aromatic heterocycles. The first-order chi connectivity index (χ1) is 9.52. The van der Waals surface area contributed by atoms with Crippen molar-refractivity contribution in [3.63, 3.8) is 0 Å². The Morgan fingerprint density at radius 3 is 2.05 bits per heavy atom. The van der Waals surface area contributed by atoms with E-state index in [-0.39, 0.29) is 25.2 Å². The van der Waals surface area contributed by atoms with Crippen LogP contribution in [0.25, 0.3) is 0 Å². The van der Waals surface area contributed by atoms with Crippen LogP contribution in [0.15, 0.2) is 0 Å². The van der Waals surface area contributed by atoms with Gasteiger partial charge in [0.25, 0.3) is 10.1 Å². The van der Waals surface area contributed by atoms with Gasteiger partial charge in [0, 0.05) is 0 Å². The van der Waals surface area contributed by atoms with Gasteiger partial charge < -0.3 is 0 Å². The van der Waals surface area contributed by atoms with Gasteiger partial charge in [0.15, 0.2) is 0 Å². The van der Waals surface area contributed by atoms with Crippen LogP contribution in [0.3, 0.4) is 0 Å². The van der Waals surface area contributed by atoms with Gasteiger partial charge in [-0.3, -0.25) is 8.37 Å². The highest BCUT2D eigenvalue weighted by atomic mass is 32.2. The Bertz CT molecular complexity index is 544. The number of hydrogen-bond acceptors (Lipinski definition) is 6. The summed E-state index contributed by atoms with van der Waals surface area (Å²) in [5, 5.41) is 0. The van der Waals surface area contributed by atoms with E-state index in [2.05, 4.69) is 8.37 Å². The Morgan fingerprint density at radius 2 is 1.52 bits per heavy atom. The summed E-state index contributed by atoms with van der Waals surface area (Å²) in [6.07, 6.45) is 5.79. The molecule has 0 atom stereocenters. The van der Waals surface area contributed by atoms with Crippen molar-refractivity contribution in [2.45, 2.75) is 31.2 Å². The van der Waals surface area contributed by atoms with Crippen LogP contribution in [-0.2, 0) is 28.6 Å². The fourth-order valence-electron chi connectivity index (χ4n) is 1.15. The Kier molecular flexibility index (Phi) is 8.23. The van der Waals surface area contributed by atoms with E-state index in [4.69, 9.17) is 6.42 Å². The predicted octanol–water partition coefficient (Wildman–Crippen LogP) is 1.39. The minimum Gasteiger partial charge on any atom is -0.263 e. The van der Waals surface area contributed by atoms with Crippen molar-refractivity contribution >= 4 is 20.2 Å². The number of alkyl halides is 3. The zero-order chi connectivity index (χ0) is 16.6. The van der Waals surface area contributed by atoms with Crippen molar-refractivity contribution in [1.29, 1.82) is 0 Å². The second-order valence-electron chi connectivity index (χ2n) is 3.86. The minimum absolute atomic E-state index is 0.0561. The highest BCUT2D eigenvalue weighted by Gasteiger charge is 2.47. The summed E-state index contributed by atoms with van der Waals surface area (Å²) in [4.78, 5) is 0. The molecule has 0 bridgehead atoms. The molecule has 0 aliphatic heterocycles. The lowest BCUT2D eigenvalue weighted by molar-refractivity contribution is -0.0542. The van der Waals surface area contributed by atoms with Crippen molar-refractivity contribution in [1.82, 2.24) is 0 Å². The Hall–Kier alpha value is -0.830. The average molecular weight is 352 g/mol. The van der Waals surface area contributed by atoms with Gasteiger partial charge in [-0.15, -0.1) is 6.42 Å². The molecule has 0 aromatic rings. The molecule has 0 saturated carbocycles. The molecule has 11 heteroatoms. The lowest BCUT2D eigenvalue weighted by Gasteiger charge is -2.08. The van der Waals surface area contributed by atoms with E-state index in [9.17, 15) is 30.0 Å². The smallest absolute Gasteiger partial charge is 0.263 e. The molecule has 124 valence electrons. The van der Waals surface area contributed by atoms with Gasteiger partial charge in [-0.2, -0.15) is 30.0 Å². The van der Waals surface area contributed by atoms with E-state index >= 15 is 0 Å². The SMILES string of the molecule is C#CCOS(=O)(=O)CCCCCCOS(=O)(=O)C(F)(F)F. The van der Waals surface area contributed by atoms with E-state index in [1.54, 1.807) is 0 Å². The molecule has 0 amide bonds. The van der Waals surface area contributed by atoms with Crippen molar-refractivity contribution in [2.75, 3.05) is 19.0 Å². The van der Waals surface area contributed by atoms with Gasteiger partial charge in [-0.1, -0.05) is 18.8 Å². The maximum Gasteiger partial charge on any atom is 0.523 e. The van der Waals surface area contributed by atoms with Crippen LogP contribution in [0.2, 0.25) is 0 Å². The van der Waals surface area contributed by atoms with Crippen LogP contribution < -0.4 is 0 Å². The van der Waals surface area contributed by atoms with E-state index in [0.717, 1.165) is 0 Å². The van der Waals surface area contributed by atoms with Gasteiger partial charge in [0.1, 0.15) is 6.61 Å². The van der Waals surface area contributed by atoms with Crippen LogP contribution in [0, 0.1) is 12.3 Å². The lowest BCUT2D eigenvalue weighted by Crippen LogP contribution is -2.25. The van der Waals surface area contributed by atoms with Crippen molar-refractivity contribution in [3.05, 3.63) is 0 Å². The fourth-order valence-corrected chi connectivity index (χ4v) is 2.55. The van der Waals surface area contributed by atoms with Crippen molar-refractivity contribution < 1.29 is 38.4 Å². The number of rotatable bonds is 10. The molecule has 6 nitrogen and oxygen atoms in total. The zero-order valence-electron chi connectivity index (χ0n) is 10.9. The molecule has 0 unspecified atom stereocenters. The summed E-state index contributed by atoms with van der Waals surface area (Å²) >= 11 is 0. The monoisotopic (exact) mass is 352 g/mol. The molecule has 0 radical (unpaired) electrons. The topological polar surface area (TPSA) is 86.7 Å². The van der Waals surface area contributed by atoms with E-state index in [1.807, 2.05) is 5.92 Å². The molecule has 0 aromatic carbocycles. The summed E-state index contributed by atoms with van der Waals surface area (Å²) in [5.41, 5.74) is -5.44. The third kappa shape index (κ3) is 8.92. The fraction of sp³-hybridized carbons (Fsp3) is 0.800. The van der Waals surface area contributed by atoms with E-state index in [0.29, 0.717) is 12.8 Å². The molecule has 0 spiro atoms. The predicted molar refractivity (Wildman–Crippen MR) is 68.0 cm³/mol. The minimum atomic E-state index is -5.56. The van der Waals surface area contributed by atoms with Gasteiger partial charge in [-0.25, -0.2) is 0 Å². The maximum atomic E-state index is 11.9. The number of unbranched alkanes of at least 4 members (excludes halogenated alkanes) is 3. The molecule has 21 heavy (non-hydrogen) atoms. The summed E-state index contributed by atoms with van der Waals surface area (Å²) < 4.78 is 87.2. The molecule has 0 heterocycles. The zero-order valence-corrected chi connectivity index (χ0v) is 12.6. The van der Waals surface area contributed by atoms with E-state index < -0.39 is 32.4 Å². The number of halogens is 3. The van der Waals surface area contributed by atoms with Crippen molar-refractivity contribution in [3.8, 4) is 12.3 Å². The molecule has 0 rings (SSSR count). The summed E-state index contributed by atoms with van der Waals surface area (Å²) in [7, 11) is -9.26. The van der Waals surface area contributed by atoms with Crippen LogP contribution >= 0.6 is 0 Å². The summed E-state index contributed by atoms with van der Waals surface area (Å²) in [6, 6.07) is 0. The molecule has 0 aliphatic rings. The second-order valence-corrected chi connectivity index (χ2v) is 7.23. The van der Waals surface area contributed by atoms with Gasteiger partial charge in [0.2, 0.25) is 0 Å². The largest absolute Gasteiger partial charge is 0.523 e. The third-order valence-corrected chi connectivity index (χ3v) is 4.44. The second kappa shape index (κ2) is 8.57. The van der Waals surface area contributed by atoms with Gasteiger partial charge in [-0.05, 0) is 12.8 Å². The highest BCUT2D eigenvalue weighted by Crippen LogP contribution is 2.24. The number of terminal acetylenes is 1. The highest BCUT2D eigenvalue weighted by molar-refractivity contribution is 7.87. The normalized spacial score (nSPS) is 13.0. The number of hydrogen-bond donors (Lipinski definition) is 0. The first kappa shape index (κ1) is 20.2. The Labute approximate surface area is 121 Å². The van der Waals surface area contributed by atoms with Gasteiger partial charge >= 0.3 is 15.6 Å². The van der Waals surface area contributed by atoms with Crippen LogP contribution in [0.5, 0.6) is 0 Å². The quantitative estimate of drug-likeness (QED) is 0.256. The lowest BCUT2D eigenvalue weighted by atomic mass is 10.2. The standard InChI is InChI=1S/C10H15F3O6S2/c1-2-7-18-20(14,15)9-6-4-3-5-8-19-21(16,17)10(11,12)13/h1H,3-9H2. The molecule has 0 aliphatic carbocycles. The Balaban J connectivity index is 3.79. The van der Waals surface area contributed by atoms with Crippen LogP contribution in [-0.4, -0.2) is 41.3 Å². The molecule has 0 N–H and O–H groups in total. The maximum absolute atomic E-state index is 11.9. The summed E-state index contributed by atoms with van der Waals surface area (Å²) in [6.45, 7) is -0.965. The average Bonchev–Trinajstić information content (AvgIpc) is 2.33. The first-order valence-corrected chi connectivity index (χ1v) is 8.76. The molecule has 0 saturated heterocycles. The third-order valence-electron chi connectivity index (χ3n) is 2.13.